The first kappa shape index (κ1) is 19.0. The molecule has 3 aromatic rings. The zero-order valence-corrected chi connectivity index (χ0v) is 16.0. The van der Waals surface area contributed by atoms with Gasteiger partial charge in [-0.15, -0.1) is 0 Å². The first-order chi connectivity index (χ1) is 13.9. The molecule has 0 atom stereocenters. The number of piperidine rings is 1. The third-order valence-electron chi connectivity index (χ3n) is 5.21. The zero-order chi connectivity index (χ0) is 20.5. The number of rotatable bonds is 3. The normalized spacial score (nSPS) is 15.5. The molecule has 8 nitrogen and oxygen atoms in total. The third-order valence-corrected chi connectivity index (χ3v) is 5.21. The maximum Gasteiger partial charge on any atom is 0.220 e. The van der Waals surface area contributed by atoms with Gasteiger partial charge in [-0.05, 0) is 57.2 Å². The third kappa shape index (κ3) is 3.81. The number of aromatic hydroxyl groups is 1. The van der Waals surface area contributed by atoms with Crippen molar-refractivity contribution in [2.24, 2.45) is 0 Å². The Bertz CT molecular complexity index is 1050. The summed E-state index contributed by atoms with van der Waals surface area (Å²) >= 11 is 0. The molecule has 1 aliphatic rings. The van der Waals surface area contributed by atoms with Crippen molar-refractivity contribution in [2.75, 3.05) is 31.6 Å². The molecule has 0 amide bonds. The van der Waals surface area contributed by atoms with Gasteiger partial charge in [0.2, 0.25) is 5.95 Å². The molecular formula is C20H22FN7O. The van der Waals surface area contributed by atoms with Gasteiger partial charge in [-0.25, -0.2) is 24.3 Å². The molecule has 4 heterocycles. The van der Waals surface area contributed by atoms with Crippen LogP contribution in [0.5, 0.6) is 5.75 Å². The van der Waals surface area contributed by atoms with Crippen molar-refractivity contribution >= 4 is 11.8 Å². The molecule has 0 saturated carbocycles. The maximum absolute atomic E-state index is 14.4. The molecule has 0 unspecified atom stereocenters. The lowest BCUT2D eigenvalue weighted by atomic mass is 9.93. The smallest absolute Gasteiger partial charge is 0.220 e. The molecule has 0 aliphatic carbocycles. The van der Waals surface area contributed by atoms with Crippen LogP contribution in [0.4, 0.5) is 16.2 Å². The molecule has 29 heavy (non-hydrogen) atoms. The van der Waals surface area contributed by atoms with Gasteiger partial charge in [0, 0.05) is 23.4 Å². The second-order valence-corrected chi connectivity index (χ2v) is 7.24. The molecule has 1 saturated heterocycles. The number of hydrogen-bond acceptors (Lipinski definition) is 8. The summed E-state index contributed by atoms with van der Waals surface area (Å²) in [5.41, 5.74) is 13.4. The minimum Gasteiger partial charge on any atom is -0.506 e. The second-order valence-electron chi connectivity index (χ2n) is 7.24. The Morgan fingerprint density at radius 3 is 2.59 bits per heavy atom. The van der Waals surface area contributed by atoms with Crippen molar-refractivity contribution in [3.63, 3.8) is 0 Å². The van der Waals surface area contributed by atoms with E-state index in [0.717, 1.165) is 31.6 Å². The van der Waals surface area contributed by atoms with E-state index in [-0.39, 0.29) is 34.7 Å². The highest BCUT2D eigenvalue weighted by Crippen LogP contribution is 2.34. The summed E-state index contributed by atoms with van der Waals surface area (Å²) < 4.78 is 14.4. The monoisotopic (exact) mass is 395 g/mol. The molecule has 5 N–H and O–H groups in total. The standard InChI is InChI=1S/C20H22FN7O/c1-28-8-5-11(6-9-28)14-10-15(27-20(23)26-14)18-16(29)3-2-13(25-18)12-4-7-24-19(22)17(12)21/h2-4,7,10-11,29H,5-6,8-9H2,1H3,(H2,22,24)(H2,23,26,27). The highest BCUT2D eigenvalue weighted by Gasteiger charge is 2.22. The summed E-state index contributed by atoms with van der Waals surface area (Å²) in [5.74, 6) is -0.579. The SMILES string of the molecule is CN1CCC(c2cc(-c3nc(-c4ccnc(N)c4F)ccc3O)nc(N)n2)CC1. The number of anilines is 2. The summed E-state index contributed by atoms with van der Waals surface area (Å²) in [4.78, 5) is 19.1. The Balaban J connectivity index is 1.76. The Morgan fingerprint density at radius 1 is 1.07 bits per heavy atom. The lowest BCUT2D eigenvalue weighted by molar-refractivity contribution is 0.253. The van der Waals surface area contributed by atoms with Crippen molar-refractivity contribution in [3.8, 4) is 28.4 Å². The summed E-state index contributed by atoms with van der Waals surface area (Å²) in [6, 6.07) is 6.24. The van der Waals surface area contributed by atoms with Gasteiger partial charge in [-0.1, -0.05) is 0 Å². The lowest BCUT2D eigenvalue weighted by Crippen LogP contribution is -2.29. The van der Waals surface area contributed by atoms with Crippen LogP contribution in [0.3, 0.4) is 0 Å². The van der Waals surface area contributed by atoms with Gasteiger partial charge >= 0.3 is 0 Å². The van der Waals surface area contributed by atoms with Crippen LogP contribution in [0.1, 0.15) is 24.5 Å². The molecule has 4 rings (SSSR count). The van der Waals surface area contributed by atoms with E-state index < -0.39 is 5.82 Å². The highest BCUT2D eigenvalue weighted by atomic mass is 19.1. The number of halogens is 1. The Morgan fingerprint density at radius 2 is 1.83 bits per heavy atom. The topological polar surface area (TPSA) is 127 Å². The van der Waals surface area contributed by atoms with Crippen LogP contribution >= 0.6 is 0 Å². The molecular weight excluding hydrogens is 373 g/mol. The van der Waals surface area contributed by atoms with E-state index in [1.165, 1.54) is 24.4 Å². The fourth-order valence-electron chi connectivity index (χ4n) is 3.57. The summed E-state index contributed by atoms with van der Waals surface area (Å²) in [6.07, 6.45) is 3.34. The van der Waals surface area contributed by atoms with Gasteiger partial charge in [-0.2, -0.15) is 0 Å². The Kier molecular flexibility index (Phi) is 4.98. The van der Waals surface area contributed by atoms with Gasteiger partial charge < -0.3 is 21.5 Å². The second kappa shape index (κ2) is 7.59. The molecule has 0 aromatic carbocycles. The van der Waals surface area contributed by atoms with E-state index in [9.17, 15) is 9.50 Å². The van der Waals surface area contributed by atoms with Crippen LogP contribution in [0.15, 0.2) is 30.5 Å². The van der Waals surface area contributed by atoms with Crippen LogP contribution in [0.25, 0.3) is 22.6 Å². The number of hydrogen-bond donors (Lipinski definition) is 3. The molecule has 3 aromatic heterocycles. The van der Waals surface area contributed by atoms with Crippen LogP contribution in [-0.4, -0.2) is 50.1 Å². The van der Waals surface area contributed by atoms with Gasteiger partial charge in [-0.3, -0.25) is 0 Å². The van der Waals surface area contributed by atoms with Crippen molar-refractivity contribution in [2.45, 2.75) is 18.8 Å². The maximum atomic E-state index is 14.4. The number of nitrogen functional groups attached to an aromatic ring is 2. The number of aromatic nitrogens is 4. The molecule has 1 fully saturated rings. The van der Waals surface area contributed by atoms with Gasteiger partial charge in [0.1, 0.15) is 11.4 Å². The van der Waals surface area contributed by atoms with E-state index in [4.69, 9.17) is 11.5 Å². The summed E-state index contributed by atoms with van der Waals surface area (Å²) in [7, 11) is 2.09. The quantitative estimate of drug-likeness (QED) is 0.617. The van der Waals surface area contributed by atoms with Crippen molar-refractivity contribution < 1.29 is 9.50 Å². The van der Waals surface area contributed by atoms with Crippen LogP contribution in [0, 0.1) is 5.82 Å². The predicted octanol–water partition coefficient (Wildman–Crippen LogP) is 2.42. The van der Waals surface area contributed by atoms with E-state index in [1.807, 2.05) is 0 Å². The van der Waals surface area contributed by atoms with E-state index in [1.54, 1.807) is 6.07 Å². The first-order valence-electron chi connectivity index (χ1n) is 9.36. The number of likely N-dealkylation sites (tertiary alicyclic amines) is 1. The van der Waals surface area contributed by atoms with Crippen LogP contribution in [-0.2, 0) is 0 Å². The van der Waals surface area contributed by atoms with Crippen molar-refractivity contribution in [1.82, 2.24) is 24.8 Å². The van der Waals surface area contributed by atoms with Gasteiger partial charge in [0.25, 0.3) is 0 Å². The van der Waals surface area contributed by atoms with Gasteiger partial charge in [0.15, 0.2) is 11.6 Å². The summed E-state index contributed by atoms with van der Waals surface area (Å²) in [6.45, 7) is 1.96. The molecule has 0 spiro atoms. The van der Waals surface area contributed by atoms with Gasteiger partial charge in [0.05, 0.1) is 11.4 Å². The highest BCUT2D eigenvalue weighted by molar-refractivity contribution is 5.70. The number of nitrogens with two attached hydrogens (primary N) is 2. The number of nitrogens with zero attached hydrogens (tertiary/aromatic N) is 5. The minimum atomic E-state index is -0.661. The average Bonchev–Trinajstić information content (AvgIpc) is 2.71. The average molecular weight is 395 g/mol. The summed E-state index contributed by atoms with van der Waals surface area (Å²) in [5, 5.41) is 10.4. The zero-order valence-electron chi connectivity index (χ0n) is 16.0. The molecule has 1 aliphatic heterocycles. The van der Waals surface area contributed by atoms with E-state index in [2.05, 4.69) is 31.9 Å². The number of pyridine rings is 2. The minimum absolute atomic E-state index is 0.0800. The molecule has 9 heteroatoms. The van der Waals surface area contributed by atoms with Crippen LogP contribution in [0.2, 0.25) is 0 Å². The molecule has 150 valence electrons. The largest absolute Gasteiger partial charge is 0.506 e. The molecule has 0 bridgehead atoms. The van der Waals surface area contributed by atoms with E-state index in [0.29, 0.717) is 11.4 Å². The Labute approximate surface area is 167 Å². The molecule has 0 radical (unpaired) electrons. The van der Waals surface area contributed by atoms with Crippen molar-refractivity contribution in [3.05, 3.63) is 42.0 Å². The van der Waals surface area contributed by atoms with E-state index >= 15 is 0 Å². The fraction of sp³-hybridized carbons (Fsp3) is 0.300. The Hall–Kier alpha value is -3.33. The van der Waals surface area contributed by atoms with Crippen LogP contribution < -0.4 is 11.5 Å². The fourth-order valence-corrected chi connectivity index (χ4v) is 3.57. The van der Waals surface area contributed by atoms with Crippen molar-refractivity contribution in [1.29, 1.82) is 0 Å². The lowest BCUT2D eigenvalue weighted by Gasteiger charge is -2.28. The predicted molar refractivity (Wildman–Crippen MR) is 108 cm³/mol. The first-order valence-corrected chi connectivity index (χ1v) is 9.36.